The van der Waals surface area contributed by atoms with Crippen LogP contribution in [0.3, 0.4) is 0 Å². The average molecular weight is 211 g/mol. The predicted molar refractivity (Wildman–Crippen MR) is 57.2 cm³/mol. The molecule has 1 aliphatic heterocycles. The Morgan fingerprint density at radius 2 is 2.36 bits per heavy atom. The lowest BCUT2D eigenvalue weighted by molar-refractivity contribution is 0.414. The summed E-state index contributed by atoms with van der Waals surface area (Å²) in [6.45, 7) is 0.865. The zero-order valence-corrected chi connectivity index (χ0v) is 8.64. The summed E-state index contributed by atoms with van der Waals surface area (Å²) in [5.74, 6) is 0.778. The van der Waals surface area contributed by atoms with Gasteiger partial charge in [0.15, 0.2) is 0 Å². The fraction of sp³-hybridized carbons (Fsp3) is 0.300. The van der Waals surface area contributed by atoms with Gasteiger partial charge >= 0.3 is 0 Å². The van der Waals surface area contributed by atoms with E-state index in [0.29, 0.717) is 5.02 Å². The van der Waals surface area contributed by atoms with Crippen molar-refractivity contribution >= 4 is 17.3 Å². The quantitative estimate of drug-likeness (QED) is 0.811. The van der Waals surface area contributed by atoms with Crippen molar-refractivity contribution < 1.29 is 4.74 Å². The van der Waals surface area contributed by atoms with Gasteiger partial charge in [0.2, 0.25) is 0 Å². The number of rotatable bonds is 2. The van der Waals surface area contributed by atoms with Crippen LogP contribution in [0.1, 0.15) is 12.0 Å². The maximum Gasteiger partial charge on any atom is 0.129 e. The molecule has 0 saturated heterocycles. The zero-order valence-electron chi connectivity index (χ0n) is 7.88. The molecule has 1 heterocycles. The lowest BCUT2D eigenvalue weighted by Gasteiger charge is -2.08. The highest BCUT2D eigenvalue weighted by Crippen LogP contribution is 2.28. The Morgan fingerprint density at radius 1 is 1.50 bits per heavy atom. The number of hydrazone groups is 1. The average Bonchev–Trinajstić information content (AvgIpc) is 2.70. The minimum absolute atomic E-state index is 0.687. The minimum Gasteiger partial charge on any atom is -0.496 e. The lowest BCUT2D eigenvalue weighted by Crippen LogP contribution is -2.01. The molecule has 0 spiro atoms. The van der Waals surface area contributed by atoms with Crippen molar-refractivity contribution in [2.45, 2.75) is 6.42 Å². The van der Waals surface area contributed by atoms with Crippen molar-refractivity contribution in [2.24, 2.45) is 5.10 Å². The van der Waals surface area contributed by atoms with Gasteiger partial charge in [-0.1, -0.05) is 17.7 Å². The monoisotopic (exact) mass is 210 g/mol. The summed E-state index contributed by atoms with van der Waals surface area (Å²) in [5.41, 5.74) is 4.79. The molecule has 3 nitrogen and oxygen atoms in total. The van der Waals surface area contributed by atoms with E-state index in [4.69, 9.17) is 16.3 Å². The Balaban J connectivity index is 2.48. The fourth-order valence-electron chi connectivity index (χ4n) is 1.52. The van der Waals surface area contributed by atoms with Crippen molar-refractivity contribution in [1.29, 1.82) is 0 Å². The fourth-order valence-corrected chi connectivity index (χ4v) is 1.79. The standard InChI is InChI=1S/C10H11ClN2O/c1-14-9-4-2-3-7(11)10(9)8-5-6-12-13-8/h2-4,12H,5-6H2,1H3. The smallest absolute Gasteiger partial charge is 0.129 e. The van der Waals surface area contributed by atoms with Crippen LogP contribution in [0, 0.1) is 0 Å². The van der Waals surface area contributed by atoms with Crippen molar-refractivity contribution in [3.05, 3.63) is 28.8 Å². The first-order valence-electron chi connectivity index (χ1n) is 4.45. The Labute approximate surface area is 87.7 Å². The van der Waals surface area contributed by atoms with Crippen LogP contribution in [0.25, 0.3) is 0 Å². The number of halogens is 1. The topological polar surface area (TPSA) is 33.6 Å². The SMILES string of the molecule is COc1cccc(Cl)c1C1=NNCC1. The van der Waals surface area contributed by atoms with Gasteiger partial charge in [-0.3, -0.25) is 0 Å². The summed E-state index contributed by atoms with van der Waals surface area (Å²) in [4.78, 5) is 0. The molecule has 0 aliphatic carbocycles. The summed E-state index contributed by atoms with van der Waals surface area (Å²) >= 11 is 6.10. The molecule has 0 fully saturated rings. The van der Waals surface area contributed by atoms with Crippen LogP contribution in [0.2, 0.25) is 5.02 Å². The number of hydrogen-bond acceptors (Lipinski definition) is 3. The van der Waals surface area contributed by atoms with E-state index >= 15 is 0 Å². The van der Waals surface area contributed by atoms with E-state index in [1.54, 1.807) is 7.11 Å². The minimum atomic E-state index is 0.687. The first-order chi connectivity index (χ1) is 6.83. The van der Waals surface area contributed by atoms with E-state index in [1.807, 2.05) is 18.2 Å². The van der Waals surface area contributed by atoms with Crippen molar-refractivity contribution in [3.8, 4) is 5.75 Å². The second-order valence-corrected chi connectivity index (χ2v) is 3.44. The molecule has 0 amide bonds. The molecule has 1 aromatic rings. The van der Waals surface area contributed by atoms with Crippen LogP contribution >= 0.6 is 11.6 Å². The normalized spacial score (nSPS) is 14.9. The molecule has 0 saturated carbocycles. The van der Waals surface area contributed by atoms with Gasteiger partial charge in [-0.25, -0.2) is 0 Å². The number of hydrogen-bond donors (Lipinski definition) is 1. The molecule has 0 bridgehead atoms. The van der Waals surface area contributed by atoms with Gasteiger partial charge in [-0.2, -0.15) is 5.10 Å². The summed E-state index contributed by atoms with van der Waals surface area (Å²) in [6, 6.07) is 5.61. The summed E-state index contributed by atoms with van der Waals surface area (Å²) in [6.07, 6.45) is 0.889. The number of nitrogens with one attached hydrogen (secondary N) is 1. The van der Waals surface area contributed by atoms with Crippen LogP contribution in [0.4, 0.5) is 0 Å². The van der Waals surface area contributed by atoms with Gasteiger partial charge in [-0.15, -0.1) is 0 Å². The maximum absolute atomic E-state index is 6.10. The predicted octanol–water partition coefficient (Wildman–Crippen LogP) is 2.05. The van der Waals surface area contributed by atoms with Gasteiger partial charge in [0.25, 0.3) is 0 Å². The molecular formula is C10H11ClN2O. The third-order valence-electron chi connectivity index (χ3n) is 2.17. The second kappa shape index (κ2) is 3.88. The molecule has 0 radical (unpaired) electrons. The molecule has 1 aromatic carbocycles. The van der Waals surface area contributed by atoms with Crippen molar-refractivity contribution in [1.82, 2.24) is 5.43 Å². The third kappa shape index (κ3) is 1.55. The second-order valence-electron chi connectivity index (χ2n) is 3.03. The van der Waals surface area contributed by atoms with E-state index in [0.717, 1.165) is 30.0 Å². The first kappa shape index (κ1) is 9.34. The van der Waals surface area contributed by atoms with E-state index in [-0.39, 0.29) is 0 Å². The lowest BCUT2D eigenvalue weighted by atomic mass is 10.1. The number of benzene rings is 1. The van der Waals surface area contributed by atoms with Crippen LogP contribution in [0.15, 0.2) is 23.3 Å². The summed E-state index contributed by atoms with van der Waals surface area (Å²) in [5, 5.41) is 4.86. The van der Waals surface area contributed by atoms with E-state index < -0.39 is 0 Å². The molecule has 74 valence electrons. The van der Waals surface area contributed by atoms with E-state index in [1.165, 1.54) is 0 Å². The van der Waals surface area contributed by atoms with Crippen molar-refractivity contribution in [2.75, 3.05) is 13.7 Å². The Morgan fingerprint density at radius 3 is 3.00 bits per heavy atom. The van der Waals surface area contributed by atoms with E-state index in [2.05, 4.69) is 10.5 Å². The molecule has 1 N–H and O–H groups in total. The number of ether oxygens (including phenoxy) is 1. The first-order valence-corrected chi connectivity index (χ1v) is 4.83. The molecule has 4 heteroatoms. The third-order valence-corrected chi connectivity index (χ3v) is 2.49. The number of nitrogens with zero attached hydrogens (tertiary/aromatic N) is 1. The van der Waals surface area contributed by atoms with Crippen molar-refractivity contribution in [3.63, 3.8) is 0 Å². The molecule has 2 rings (SSSR count). The van der Waals surface area contributed by atoms with Crippen LogP contribution in [-0.4, -0.2) is 19.4 Å². The van der Waals surface area contributed by atoms with Gasteiger partial charge in [-0.05, 0) is 12.1 Å². The summed E-state index contributed by atoms with van der Waals surface area (Å²) < 4.78 is 5.25. The van der Waals surface area contributed by atoms with Crippen LogP contribution in [-0.2, 0) is 0 Å². The highest BCUT2D eigenvalue weighted by atomic mass is 35.5. The Hall–Kier alpha value is -1.22. The summed E-state index contributed by atoms with van der Waals surface area (Å²) in [7, 11) is 1.64. The molecule has 0 atom stereocenters. The highest BCUT2D eigenvalue weighted by Gasteiger charge is 2.16. The molecule has 14 heavy (non-hydrogen) atoms. The van der Waals surface area contributed by atoms with Gasteiger partial charge in [0, 0.05) is 13.0 Å². The van der Waals surface area contributed by atoms with Gasteiger partial charge in [0.05, 0.1) is 23.4 Å². The van der Waals surface area contributed by atoms with E-state index in [9.17, 15) is 0 Å². The molecular weight excluding hydrogens is 200 g/mol. The van der Waals surface area contributed by atoms with Gasteiger partial charge < -0.3 is 10.2 Å². The Kier molecular flexibility index (Phi) is 2.59. The van der Waals surface area contributed by atoms with Crippen LogP contribution in [0.5, 0.6) is 5.75 Å². The zero-order chi connectivity index (χ0) is 9.97. The molecule has 1 aliphatic rings. The molecule has 0 unspecified atom stereocenters. The van der Waals surface area contributed by atoms with Gasteiger partial charge in [0.1, 0.15) is 5.75 Å². The van der Waals surface area contributed by atoms with Crippen LogP contribution < -0.4 is 10.2 Å². The Bertz CT molecular complexity index is 376. The number of methoxy groups -OCH3 is 1. The highest BCUT2D eigenvalue weighted by molar-refractivity contribution is 6.34. The largest absolute Gasteiger partial charge is 0.496 e. The molecule has 0 aromatic heterocycles. The maximum atomic E-state index is 6.10.